The van der Waals surface area contributed by atoms with Crippen LogP contribution in [0, 0.1) is 41.4 Å². The van der Waals surface area contributed by atoms with E-state index in [0.29, 0.717) is 12.3 Å². The van der Waals surface area contributed by atoms with Crippen LogP contribution in [0.3, 0.4) is 0 Å². The summed E-state index contributed by atoms with van der Waals surface area (Å²) in [7, 11) is 1.63. The first-order chi connectivity index (χ1) is 18.5. The van der Waals surface area contributed by atoms with Gasteiger partial charge in [0.05, 0.1) is 30.3 Å². The molecular formula is C29H41NO9. The maximum atomic E-state index is 13.8. The third kappa shape index (κ3) is 4.68. The van der Waals surface area contributed by atoms with E-state index in [0.717, 1.165) is 38.5 Å². The molecule has 216 valence electrons. The van der Waals surface area contributed by atoms with Crippen molar-refractivity contribution in [2.75, 3.05) is 7.11 Å². The number of rotatable bonds is 6. The summed E-state index contributed by atoms with van der Waals surface area (Å²) in [6.45, 7) is 0. The molecule has 0 radical (unpaired) electrons. The molecule has 0 aliphatic heterocycles. The monoisotopic (exact) mass is 547 g/mol. The number of fused-ring (bicyclic) bond motifs is 3. The highest BCUT2D eigenvalue weighted by Crippen LogP contribution is 2.55. The van der Waals surface area contributed by atoms with Gasteiger partial charge in [0.1, 0.15) is 11.7 Å². The van der Waals surface area contributed by atoms with Gasteiger partial charge >= 0.3 is 0 Å². The summed E-state index contributed by atoms with van der Waals surface area (Å²) in [5.74, 6) is -6.79. The zero-order valence-electron chi connectivity index (χ0n) is 22.3. The van der Waals surface area contributed by atoms with E-state index in [9.17, 15) is 39.9 Å². The highest BCUT2D eigenvalue weighted by Gasteiger charge is 2.63. The van der Waals surface area contributed by atoms with E-state index in [1.807, 2.05) is 6.08 Å². The average molecular weight is 548 g/mol. The highest BCUT2D eigenvalue weighted by molar-refractivity contribution is 6.09. The molecule has 10 nitrogen and oxygen atoms in total. The number of nitrogens with two attached hydrogens (primary N) is 1. The molecular weight excluding hydrogens is 506 g/mol. The van der Waals surface area contributed by atoms with Crippen LogP contribution in [0.25, 0.3) is 0 Å². The highest BCUT2D eigenvalue weighted by atomic mass is 16.5. The van der Waals surface area contributed by atoms with Gasteiger partial charge in [-0.2, -0.15) is 0 Å². The lowest BCUT2D eigenvalue weighted by atomic mass is 9.53. The molecule has 0 bridgehead atoms. The van der Waals surface area contributed by atoms with Gasteiger partial charge in [0.2, 0.25) is 5.91 Å². The third-order valence-electron chi connectivity index (χ3n) is 10.4. The van der Waals surface area contributed by atoms with Gasteiger partial charge in [0, 0.05) is 18.6 Å². The topological polar surface area (TPSA) is 188 Å². The van der Waals surface area contributed by atoms with Crippen LogP contribution in [-0.2, 0) is 19.1 Å². The Morgan fingerprint density at radius 1 is 1.05 bits per heavy atom. The zero-order chi connectivity index (χ0) is 28.2. The van der Waals surface area contributed by atoms with Crippen LogP contribution in [0.5, 0.6) is 0 Å². The zero-order valence-corrected chi connectivity index (χ0v) is 22.3. The van der Waals surface area contributed by atoms with Crippen LogP contribution in [0.15, 0.2) is 23.5 Å². The maximum Gasteiger partial charge on any atom is 0.230 e. The van der Waals surface area contributed by atoms with Crippen molar-refractivity contribution in [3.05, 3.63) is 23.5 Å². The van der Waals surface area contributed by atoms with Crippen LogP contribution in [0.2, 0.25) is 0 Å². The van der Waals surface area contributed by atoms with Crippen molar-refractivity contribution in [2.45, 2.75) is 87.8 Å². The number of aliphatic hydroxyl groups is 5. The number of hydrogen-bond acceptors (Lipinski definition) is 9. The van der Waals surface area contributed by atoms with Crippen molar-refractivity contribution in [1.82, 2.24) is 0 Å². The number of allylic oxidation sites excluding steroid dienone is 2. The molecule has 5 aliphatic rings. The van der Waals surface area contributed by atoms with E-state index in [4.69, 9.17) is 10.5 Å². The molecule has 9 unspecified atom stereocenters. The number of ketones is 2. The molecule has 12 atom stereocenters. The van der Waals surface area contributed by atoms with Crippen molar-refractivity contribution in [3.63, 3.8) is 0 Å². The van der Waals surface area contributed by atoms with Gasteiger partial charge in [-0.3, -0.25) is 14.4 Å². The smallest absolute Gasteiger partial charge is 0.230 e. The Labute approximate surface area is 227 Å². The SMILES string of the molecule is COC1CC(CCCC2C=CC(O)C3C(=O)C4=C(O)[C@]5(O)C(=O)C(C(N)=O)C(O)C[C@@H]5C[C@@H]4CC23)CCC1O. The summed E-state index contributed by atoms with van der Waals surface area (Å²) in [6, 6.07) is 0. The largest absolute Gasteiger partial charge is 0.508 e. The fourth-order valence-corrected chi connectivity index (χ4v) is 8.38. The van der Waals surface area contributed by atoms with Gasteiger partial charge in [-0.05, 0) is 68.6 Å². The third-order valence-corrected chi connectivity index (χ3v) is 10.4. The molecule has 5 rings (SSSR count). The lowest BCUT2D eigenvalue weighted by molar-refractivity contribution is -0.168. The Morgan fingerprint density at radius 3 is 2.49 bits per heavy atom. The quantitative estimate of drug-likeness (QED) is 0.205. The number of Topliss-reactive ketones (excluding diaryl/α,β-unsaturated/α-hetero) is 2. The number of carbonyl (C=O) groups excluding carboxylic acids is 3. The molecule has 0 heterocycles. The lowest BCUT2D eigenvalue weighted by Crippen LogP contribution is -2.64. The van der Waals surface area contributed by atoms with Crippen LogP contribution in [0.4, 0.5) is 0 Å². The number of methoxy groups -OCH3 is 1. The molecule has 5 aliphatic carbocycles. The van der Waals surface area contributed by atoms with E-state index < -0.39 is 70.8 Å². The Kier molecular flexibility index (Phi) is 7.80. The molecule has 3 saturated carbocycles. The first-order valence-corrected chi connectivity index (χ1v) is 14.3. The first kappa shape index (κ1) is 28.4. The van der Waals surface area contributed by atoms with Crippen molar-refractivity contribution in [1.29, 1.82) is 0 Å². The predicted molar refractivity (Wildman–Crippen MR) is 138 cm³/mol. The minimum Gasteiger partial charge on any atom is -0.508 e. The number of primary amides is 1. The molecule has 3 fully saturated rings. The van der Waals surface area contributed by atoms with E-state index in [1.165, 1.54) is 0 Å². The number of aliphatic hydroxyl groups excluding tert-OH is 4. The summed E-state index contributed by atoms with van der Waals surface area (Å²) in [5.41, 5.74) is 2.81. The predicted octanol–water partition coefficient (Wildman–Crippen LogP) is 0.699. The number of amides is 1. The molecule has 0 aromatic carbocycles. The fourth-order valence-electron chi connectivity index (χ4n) is 8.38. The van der Waals surface area contributed by atoms with Crippen molar-refractivity contribution in [3.8, 4) is 0 Å². The van der Waals surface area contributed by atoms with Crippen LogP contribution < -0.4 is 5.73 Å². The molecule has 0 aromatic rings. The molecule has 39 heavy (non-hydrogen) atoms. The maximum absolute atomic E-state index is 13.8. The molecule has 0 spiro atoms. The lowest BCUT2D eigenvalue weighted by Gasteiger charge is -2.51. The molecule has 10 heteroatoms. The summed E-state index contributed by atoms with van der Waals surface area (Å²) in [4.78, 5) is 38.8. The van der Waals surface area contributed by atoms with Crippen LogP contribution >= 0.6 is 0 Å². The number of ether oxygens (including phenoxy) is 1. The second-order valence-corrected chi connectivity index (χ2v) is 12.5. The summed E-state index contributed by atoms with van der Waals surface area (Å²) >= 11 is 0. The van der Waals surface area contributed by atoms with Gasteiger partial charge in [-0.25, -0.2) is 0 Å². The average Bonchev–Trinajstić information content (AvgIpc) is 2.88. The van der Waals surface area contributed by atoms with Gasteiger partial charge in [-0.15, -0.1) is 0 Å². The second kappa shape index (κ2) is 10.7. The Balaban J connectivity index is 1.34. The van der Waals surface area contributed by atoms with Crippen LogP contribution in [0.1, 0.15) is 57.8 Å². The van der Waals surface area contributed by atoms with Gasteiger partial charge in [0.25, 0.3) is 0 Å². The van der Waals surface area contributed by atoms with Crippen molar-refractivity contribution >= 4 is 17.5 Å². The minimum absolute atomic E-state index is 0.0394. The fraction of sp³-hybridized carbons (Fsp3) is 0.759. The second-order valence-electron chi connectivity index (χ2n) is 12.5. The van der Waals surface area contributed by atoms with E-state index in [2.05, 4.69) is 0 Å². The normalized spacial score (nSPS) is 45.9. The van der Waals surface area contributed by atoms with Crippen LogP contribution in [-0.4, -0.2) is 80.1 Å². The van der Waals surface area contributed by atoms with E-state index >= 15 is 0 Å². The number of carbonyl (C=O) groups is 3. The van der Waals surface area contributed by atoms with Crippen molar-refractivity contribution < 1.29 is 44.7 Å². The van der Waals surface area contributed by atoms with Crippen molar-refractivity contribution in [2.24, 2.45) is 47.2 Å². The van der Waals surface area contributed by atoms with E-state index in [1.54, 1.807) is 13.2 Å². The standard InChI is InChI=1S/C29H41NO9/c1-39-21-9-13(5-7-18(21)31)3-2-4-14-6-8-19(32)23-17(14)11-15-10-16-12-20(33)24(28(30)37)27(36)29(16,38)26(35)22(15)25(23)34/h6,8,13-21,23-24,31-33,35,38H,2-5,7,9-12H2,1H3,(H2,30,37)/t13?,14?,15-,16+,17?,18?,19?,20?,21?,23?,24?,29+/m1/s1. The Morgan fingerprint density at radius 2 is 1.79 bits per heavy atom. The summed E-state index contributed by atoms with van der Waals surface area (Å²) in [5, 5.41) is 53.9. The molecule has 0 saturated heterocycles. The van der Waals surface area contributed by atoms with E-state index in [-0.39, 0.29) is 36.4 Å². The molecule has 7 N–H and O–H groups in total. The Hall–Kier alpha value is -2.11. The van der Waals surface area contributed by atoms with Gasteiger partial charge in [0.15, 0.2) is 17.2 Å². The molecule has 1 amide bonds. The first-order valence-electron chi connectivity index (χ1n) is 14.3. The summed E-state index contributed by atoms with van der Waals surface area (Å²) in [6.07, 6.45) is 6.48. The number of hydrogen-bond donors (Lipinski definition) is 6. The van der Waals surface area contributed by atoms with Gasteiger partial charge < -0.3 is 36.0 Å². The summed E-state index contributed by atoms with van der Waals surface area (Å²) < 4.78 is 5.43. The van der Waals surface area contributed by atoms with Gasteiger partial charge in [-0.1, -0.05) is 25.0 Å². The molecule has 0 aromatic heterocycles. The Bertz CT molecular complexity index is 1070. The minimum atomic E-state index is -2.46.